The topological polar surface area (TPSA) is 12.5 Å². The molecule has 2 aromatic carbocycles. The standard InChI is InChI=1S/C18H21NOSe/c1-3-7-16(8-4-1)11-18-12-20-14-19(18)15-21-13-17-9-5-2-6-10-17/h1-10,18H,11-15H2/t18-/m1/s1. The number of benzene rings is 2. The summed E-state index contributed by atoms with van der Waals surface area (Å²) in [6.45, 7) is 1.67. The average molecular weight is 346 g/mol. The summed E-state index contributed by atoms with van der Waals surface area (Å²) in [5.74, 6) is 0. The molecule has 0 radical (unpaired) electrons. The zero-order chi connectivity index (χ0) is 14.3. The Morgan fingerprint density at radius 1 is 0.952 bits per heavy atom. The van der Waals surface area contributed by atoms with Gasteiger partial charge in [0.15, 0.2) is 0 Å². The van der Waals surface area contributed by atoms with E-state index in [0.29, 0.717) is 21.0 Å². The normalized spacial score (nSPS) is 19.0. The van der Waals surface area contributed by atoms with Crippen molar-refractivity contribution >= 4 is 15.0 Å². The monoisotopic (exact) mass is 347 g/mol. The number of rotatable bonds is 6. The molecule has 0 saturated carbocycles. The predicted octanol–water partition coefficient (Wildman–Crippen LogP) is 2.75. The Labute approximate surface area is 133 Å². The van der Waals surface area contributed by atoms with Crippen LogP contribution < -0.4 is 0 Å². The molecule has 0 aliphatic carbocycles. The van der Waals surface area contributed by atoms with Gasteiger partial charge < -0.3 is 0 Å². The molecule has 2 aromatic rings. The first-order chi connectivity index (χ1) is 10.4. The second kappa shape index (κ2) is 7.76. The SMILES string of the molecule is c1ccc(C[Se]CN2COC[C@H]2Cc2ccccc2)cc1. The molecule has 1 atom stereocenters. The summed E-state index contributed by atoms with van der Waals surface area (Å²) in [7, 11) is 0. The van der Waals surface area contributed by atoms with Crippen LogP contribution in [0.25, 0.3) is 0 Å². The van der Waals surface area contributed by atoms with Crippen LogP contribution in [0.15, 0.2) is 60.7 Å². The van der Waals surface area contributed by atoms with Crippen LogP contribution in [0, 0.1) is 0 Å². The summed E-state index contributed by atoms with van der Waals surface area (Å²) in [6, 6.07) is 22.1. The molecule has 1 heterocycles. The summed E-state index contributed by atoms with van der Waals surface area (Å²) < 4.78 is 5.68. The third kappa shape index (κ3) is 4.42. The molecule has 1 saturated heterocycles. The van der Waals surface area contributed by atoms with Crippen molar-refractivity contribution in [2.24, 2.45) is 0 Å². The zero-order valence-corrected chi connectivity index (χ0v) is 13.9. The van der Waals surface area contributed by atoms with Gasteiger partial charge in [0.25, 0.3) is 0 Å². The zero-order valence-electron chi connectivity index (χ0n) is 12.2. The molecule has 0 aromatic heterocycles. The van der Waals surface area contributed by atoms with E-state index in [2.05, 4.69) is 65.6 Å². The first-order valence-corrected chi connectivity index (χ1v) is 9.81. The quantitative estimate of drug-likeness (QED) is 0.746. The van der Waals surface area contributed by atoms with Crippen LogP contribution in [0.5, 0.6) is 0 Å². The number of nitrogens with zero attached hydrogens (tertiary/aromatic N) is 1. The van der Waals surface area contributed by atoms with Crippen molar-refractivity contribution in [1.29, 1.82) is 0 Å². The van der Waals surface area contributed by atoms with Gasteiger partial charge in [0.2, 0.25) is 0 Å². The van der Waals surface area contributed by atoms with E-state index in [0.717, 1.165) is 19.8 Å². The fourth-order valence-corrected chi connectivity index (χ4v) is 4.77. The van der Waals surface area contributed by atoms with Gasteiger partial charge in [-0.3, -0.25) is 0 Å². The minimum absolute atomic E-state index is 0.546. The van der Waals surface area contributed by atoms with E-state index >= 15 is 0 Å². The van der Waals surface area contributed by atoms with Gasteiger partial charge >= 0.3 is 133 Å². The van der Waals surface area contributed by atoms with Crippen LogP contribution in [-0.2, 0) is 16.5 Å². The van der Waals surface area contributed by atoms with Crippen molar-refractivity contribution in [3.63, 3.8) is 0 Å². The first-order valence-electron chi connectivity index (χ1n) is 7.39. The molecule has 0 N–H and O–H groups in total. The van der Waals surface area contributed by atoms with Gasteiger partial charge in [-0.25, -0.2) is 0 Å². The maximum atomic E-state index is 5.68. The van der Waals surface area contributed by atoms with Crippen molar-refractivity contribution in [1.82, 2.24) is 4.90 Å². The average Bonchev–Trinajstić information content (AvgIpc) is 2.97. The fraction of sp³-hybridized carbons (Fsp3) is 0.333. The van der Waals surface area contributed by atoms with E-state index in [-0.39, 0.29) is 0 Å². The molecule has 2 nitrogen and oxygen atoms in total. The Kier molecular flexibility index (Phi) is 5.47. The third-order valence-corrected chi connectivity index (χ3v) is 5.97. The molecule has 0 spiro atoms. The van der Waals surface area contributed by atoms with E-state index in [9.17, 15) is 0 Å². The first kappa shape index (κ1) is 14.8. The Bertz CT molecular complexity index is 531. The second-order valence-electron chi connectivity index (χ2n) is 5.40. The van der Waals surface area contributed by atoms with Crippen molar-refractivity contribution in [3.05, 3.63) is 71.8 Å². The van der Waals surface area contributed by atoms with Crippen LogP contribution in [-0.4, -0.2) is 44.7 Å². The third-order valence-electron chi connectivity index (χ3n) is 3.77. The van der Waals surface area contributed by atoms with Crippen molar-refractivity contribution < 1.29 is 4.74 Å². The van der Waals surface area contributed by atoms with Gasteiger partial charge in [-0.05, 0) is 0 Å². The van der Waals surface area contributed by atoms with E-state index in [1.807, 2.05) is 0 Å². The molecule has 1 aliphatic heterocycles. The molecule has 1 aliphatic rings. The molecule has 1 fully saturated rings. The molecule has 0 amide bonds. The van der Waals surface area contributed by atoms with E-state index in [1.54, 1.807) is 0 Å². The number of hydrogen-bond donors (Lipinski definition) is 0. The molecule has 21 heavy (non-hydrogen) atoms. The molecule has 0 bridgehead atoms. The van der Waals surface area contributed by atoms with Gasteiger partial charge in [0.1, 0.15) is 0 Å². The van der Waals surface area contributed by atoms with Crippen LogP contribution in [0.4, 0.5) is 0 Å². The van der Waals surface area contributed by atoms with Crippen LogP contribution in [0.2, 0.25) is 0 Å². The van der Waals surface area contributed by atoms with E-state index < -0.39 is 0 Å². The molecule has 110 valence electrons. The second-order valence-corrected chi connectivity index (χ2v) is 7.40. The summed E-state index contributed by atoms with van der Waals surface area (Å²) >= 11 is 0.615. The van der Waals surface area contributed by atoms with Gasteiger partial charge in [0.05, 0.1) is 0 Å². The van der Waals surface area contributed by atoms with Crippen LogP contribution in [0.3, 0.4) is 0 Å². The Morgan fingerprint density at radius 3 is 2.33 bits per heavy atom. The molecule has 0 unspecified atom stereocenters. The Balaban J connectivity index is 1.48. The minimum atomic E-state index is 0.546. The van der Waals surface area contributed by atoms with Crippen molar-refractivity contribution in [2.75, 3.05) is 18.8 Å². The van der Waals surface area contributed by atoms with Gasteiger partial charge in [-0.1, -0.05) is 0 Å². The summed E-state index contributed by atoms with van der Waals surface area (Å²) in [4.78, 5) is 2.51. The molecule has 3 heteroatoms. The van der Waals surface area contributed by atoms with Crippen molar-refractivity contribution in [3.8, 4) is 0 Å². The van der Waals surface area contributed by atoms with E-state index in [1.165, 1.54) is 21.9 Å². The molecular formula is C18H21NOSe. The van der Waals surface area contributed by atoms with E-state index in [4.69, 9.17) is 4.74 Å². The number of hydrogen-bond acceptors (Lipinski definition) is 2. The van der Waals surface area contributed by atoms with Gasteiger partial charge in [-0.2, -0.15) is 0 Å². The molecular weight excluding hydrogens is 325 g/mol. The summed E-state index contributed by atoms with van der Waals surface area (Å²) in [6.07, 6.45) is 1.10. The molecule has 3 rings (SSSR count). The van der Waals surface area contributed by atoms with Gasteiger partial charge in [-0.15, -0.1) is 0 Å². The Hall–Kier alpha value is -1.12. The Morgan fingerprint density at radius 2 is 1.62 bits per heavy atom. The van der Waals surface area contributed by atoms with Crippen LogP contribution >= 0.6 is 0 Å². The summed E-state index contributed by atoms with van der Waals surface area (Å²) in [5, 5.41) is 1.21. The number of ether oxygens (including phenoxy) is 1. The predicted molar refractivity (Wildman–Crippen MR) is 87.4 cm³/mol. The van der Waals surface area contributed by atoms with Crippen molar-refractivity contribution in [2.45, 2.75) is 17.8 Å². The maximum absolute atomic E-state index is 5.68. The van der Waals surface area contributed by atoms with Gasteiger partial charge in [0, 0.05) is 0 Å². The summed E-state index contributed by atoms with van der Waals surface area (Å²) in [5.41, 5.74) is 4.05. The van der Waals surface area contributed by atoms with Crippen LogP contribution in [0.1, 0.15) is 11.1 Å². The fourth-order valence-electron chi connectivity index (χ4n) is 2.59.